The molecule has 210 valence electrons. The molecule has 1 aliphatic heterocycles. The number of carbonyl (C=O) groups is 3. The highest BCUT2D eigenvalue weighted by atomic mass is 79.9. The van der Waals surface area contributed by atoms with E-state index in [4.69, 9.17) is 0 Å². The lowest BCUT2D eigenvalue weighted by Crippen LogP contribution is -2.47. The monoisotopic (exact) mass is 617 g/mol. The van der Waals surface area contributed by atoms with Gasteiger partial charge in [-0.3, -0.25) is 19.1 Å². The van der Waals surface area contributed by atoms with Gasteiger partial charge in [0.2, 0.25) is 11.8 Å². The standard InChI is InChI=1S/C29H28BrN7O4/c1-14-4-5-22(30)33-28(14)34-29(41)27-20-8-18(20)11-36(27)24(40)12-37-26-15(2)6-17(7-21(26)25(35-37)16(3)39)19-9-31-23(13-38)32-10-19/h4-7,9-10,18,20,27,38H,8,11-13H2,1-3H3,(H,33,34,41)/t18-,20-,27+/m1/s1. The number of fused-ring (bicyclic) bond motifs is 2. The van der Waals surface area contributed by atoms with Crippen molar-refractivity contribution in [2.75, 3.05) is 11.9 Å². The summed E-state index contributed by atoms with van der Waals surface area (Å²) in [6.07, 6.45) is 4.15. The van der Waals surface area contributed by atoms with E-state index in [1.165, 1.54) is 6.92 Å². The number of piperidine rings is 1. The highest BCUT2D eigenvalue weighted by Crippen LogP contribution is 2.50. The molecule has 4 aromatic rings. The number of amides is 2. The zero-order valence-electron chi connectivity index (χ0n) is 22.8. The molecule has 6 rings (SSSR count). The Labute approximate surface area is 244 Å². The molecule has 2 N–H and O–H groups in total. The van der Waals surface area contributed by atoms with Gasteiger partial charge in [0.1, 0.15) is 35.3 Å². The molecular formula is C29H28BrN7O4. The number of aryl methyl sites for hydroxylation is 2. The Hall–Kier alpha value is -4.03. The number of ketones is 1. The largest absolute Gasteiger partial charge is 0.388 e. The number of carbonyl (C=O) groups excluding carboxylic acids is 3. The minimum atomic E-state index is -0.587. The van der Waals surface area contributed by atoms with Crippen LogP contribution < -0.4 is 5.32 Å². The number of likely N-dealkylation sites (tertiary alicyclic amines) is 1. The normalized spacial score (nSPS) is 19.3. The molecule has 11 nitrogen and oxygen atoms in total. The molecule has 3 atom stereocenters. The van der Waals surface area contributed by atoms with Gasteiger partial charge in [-0.05, 0) is 82.9 Å². The Morgan fingerprint density at radius 2 is 1.85 bits per heavy atom. The van der Waals surface area contributed by atoms with Crippen LogP contribution >= 0.6 is 15.9 Å². The summed E-state index contributed by atoms with van der Waals surface area (Å²) in [6, 6.07) is 6.86. The molecule has 0 radical (unpaired) electrons. The predicted octanol–water partition coefficient (Wildman–Crippen LogP) is 3.45. The Morgan fingerprint density at radius 3 is 2.56 bits per heavy atom. The van der Waals surface area contributed by atoms with Crippen LogP contribution in [-0.4, -0.2) is 64.9 Å². The number of Topliss-reactive ketones (excluding diaryl/α,β-unsaturated/α-hetero) is 1. The van der Waals surface area contributed by atoms with E-state index in [-0.39, 0.29) is 42.4 Å². The smallest absolute Gasteiger partial charge is 0.248 e. The number of pyridine rings is 1. The van der Waals surface area contributed by atoms with Crippen molar-refractivity contribution >= 4 is 50.2 Å². The van der Waals surface area contributed by atoms with E-state index in [1.807, 2.05) is 38.1 Å². The van der Waals surface area contributed by atoms with Crippen LogP contribution in [0.15, 0.2) is 41.3 Å². The lowest BCUT2D eigenvalue weighted by Gasteiger charge is -2.27. The van der Waals surface area contributed by atoms with Crippen molar-refractivity contribution in [2.45, 2.75) is 46.4 Å². The summed E-state index contributed by atoms with van der Waals surface area (Å²) in [4.78, 5) is 54.0. The maximum atomic E-state index is 13.7. The Bertz CT molecular complexity index is 1720. The third-order valence-corrected chi connectivity index (χ3v) is 8.32. The molecule has 0 bridgehead atoms. The van der Waals surface area contributed by atoms with Crippen LogP contribution in [0.2, 0.25) is 0 Å². The van der Waals surface area contributed by atoms with Crippen LogP contribution in [0.25, 0.3) is 22.0 Å². The van der Waals surface area contributed by atoms with Gasteiger partial charge in [-0.2, -0.15) is 5.10 Å². The number of rotatable bonds is 7. The van der Waals surface area contributed by atoms with Crippen molar-refractivity contribution in [3.8, 4) is 11.1 Å². The summed E-state index contributed by atoms with van der Waals surface area (Å²) in [5.41, 5.74) is 4.12. The molecular weight excluding hydrogens is 590 g/mol. The molecule has 0 unspecified atom stereocenters. The fourth-order valence-electron chi connectivity index (χ4n) is 5.75. The quantitative estimate of drug-likeness (QED) is 0.237. The fourth-order valence-corrected chi connectivity index (χ4v) is 6.06. The number of benzene rings is 1. The lowest BCUT2D eigenvalue weighted by atomic mass is 10.0. The number of halogens is 1. The molecule has 1 saturated heterocycles. The summed E-state index contributed by atoms with van der Waals surface area (Å²) in [5, 5.41) is 17.4. The first-order chi connectivity index (χ1) is 19.6. The molecule has 2 aliphatic rings. The second kappa shape index (κ2) is 10.4. The Balaban J connectivity index is 1.29. The molecule has 2 amide bonds. The first kappa shape index (κ1) is 27.2. The molecule has 4 heterocycles. The molecule has 1 aliphatic carbocycles. The number of aromatic nitrogens is 5. The van der Waals surface area contributed by atoms with E-state index in [2.05, 4.69) is 41.3 Å². The average Bonchev–Trinajstić information content (AvgIpc) is 3.44. The molecule has 12 heteroatoms. The molecule has 3 aromatic heterocycles. The molecule has 1 aromatic carbocycles. The van der Waals surface area contributed by atoms with Crippen molar-refractivity contribution in [2.24, 2.45) is 11.8 Å². The first-order valence-corrected chi connectivity index (χ1v) is 14.1. The second-order valence-corrected chi connectivity index (χ2v) is 11.5. The second-order valence-electron chi connectivity index (χ2n) is 10.7. The Kier molecular flexibility index (Phi) is 6.90. The summed E-state index contributed by atoms with van der Waals surface area (Å²) in [5.74, 6) is 0.509. The topological polar surface area (TPSA) is 143 Å². The number of aliphatic hydroxyl groups excluding tert-OH is 1. The van der Waals surface area contributed by atoms with Crippen LogP contribution in [0, 0.1) is 25.7 Å². The summed E-state index contributed by atoms with van der Waals surface area (Å²) < 4.78 is 2.18. The molecule has 2 fully saturated rings. The van der Waals surface area contributed by atoms with Crippen molar-refractivity contribution in [1.82, 2.24) is 29.6 Å². The third-order valence-electron chi connectivity index (χ3n) is 7.88. The van der Waals surface area contributed by atoms with Crippen LogP contribution in [0.1, 0.15) is 40.8 Å². The van der Waals surface area contributed by atoms with Gasteiger partial charge < -0.3 is 15.3 Å². The maximum absolute atomic E-state index is 13.7. The van der Waals surface area contributed by atoms with E-state index >= 15 is 0 Å². The van der Waals surface area contributed by atoms with Crippen LogP contribution in [0.4, 0.5) is 5.82 Å². The van der Waals surface area contributed by atoms with Gasteiger partial charge in [-0.15, -0.1) is 0 Å². The average molecular weight is 618 g/mol. The minimum absolute atomic E-state index is 0.102. The highest BCUT2D eigenvalue weighted by molar-refractivity contribution is 9.10. The summed E-state index contributed by atoms with van der Waals surface area (Å²) >= 11 is 3.35. The van der Waals surface area contributed by atoms with E-state index in [0.29, 0.717) is 39.6 Å². The maximum Gasteiger partial charge on any atom is 0.248 e. The van der Waals surface area contributed by atoms with E-state index in [1.54, 1.807) is 22.0 Å². The van der Waals surface area contributed by atoms with Gasteiger partial charge >= 0.3 is 0 Å². The highest BCUT2D eigenvalue weighted by Gasteiger charge is 2.56. The van der Waals surface area contributed by atoms with Gasteiger partial charge in [0, 0.05) is 36.8 Å². The van der Waals surface area contributed by atoms with Crippen molar-refractivity contribution in [1.29, 1.82) is 0 Å². The number of nitrogens with one attached hydrogen (secondary N) is 1. The minimum Gasteiger partial charge on any atom is -0.388 e. The first-order valence-electron chi connectivity index (χ1n) is 13.3. The van der Waals surface area contributed by atoms with Gasteiger partial charge in [-0.25, -0.2) is 15.0 Å². The molecule has 0 spiro atoms. The zero-order chi connectivity index (χ0) is 29.0. The fraction of sp³-hybridized carbons (Fsp3) is 0.345. The van der Waals surface area contributed by atoms with Crippen molar-refractivity contribution in [3.05, 3.63) is 63.9 Å². The van der Waals surface area contributed by atoms with Crippen LogP contribution in [-0.2, 0) is 22.7 Å². The zero-order valence-corrected chi connectivity index (χ0v) is 24.3. The molecule has 41 heavy (non-hydrogen) atoms. The van der Waals surface area contributed by atoms with Crippen molar-refractivity contribution in [3.63, 3.8) is 0 Å². The summed E-state index contributed by atoms with van der Waals surface area (Å²) in [7, 11) is 0. The number of nitrogens with zero attached hydrogens (tertiary/aromatic N) is 6. The van der Waals surface area contributed by atoms with Crippen LogP contribution in [0.3, 0.4) is 0 Å². The lowest BCUT2D eigenvalue weighted by molar-refractivity contribution is -0.138. The van der Waals surface area contributed by atoms with Crippen molar-refractivity contribution < 1.29 is 19.5 Å². The SMILES string of the molecule is CC(=O)c1nn(CC(=O)N2C[C@H]3C[C@H]3[C@H]2C(=O)Nc2nc(Br)ccc2C)c2c(C)cc(-c3cnc(CO)nc3)cc12. The number of anilines is 1. The predicted molar refractivity (Wildman–Crippen MR) is 154 cm³/mol. The van der Waals surface area contributed by atoms with Gasteiger partial charge in [0.05, 0.1) is 5.52 Å². The number of aliphatic hydroxyl groups is 1. The van der Waals surface area contributed by atoms with E-state index < -0.39 is 6.04 Å². The van der Waals surface area contributed by atoms with Crippen LogP contribution in [0.5, 0.6) is 0 Å². The van der Waals surface area contributed by atoms with Gasteiger partial charge in [-0.1, -0.05) is 6.07 Å². The summed E-state index contributed by atoms with van der Waals surface area (Å²) in [6.45, 7) is 5.37. The van der Waals surface area contributed by atoms with E-state index in [0.717, 1.165) is 28.7 Å². The number of hydrogen-bond donors (Lipinski definition) is 2. The van der Waals surface area contributed by atoms with E-state index in [9.17, 15) is 19.5 Å². The number of hydrogen-bond acceptors (Lipinski definition) is 8. The Morgan fingerprint density at radius 1 is 1.10 bits per heavy atom. The van der Waals surface area contributed by atoms with Gasteiger partial charge in [0.15, 0.2) is 11.6 Å². The third kappa shape index (κ3) is 5.02. The molecule has 1 saturated carbocycles. The van der Waals surface area contributed by atoms with Gasteiger partial charge in [0.25, 0.3) is 0 Å².